The van der Waals surface area contributed by atoms with Gasteiger partial charge >= 0.3 is 0 Å². The largest absolute Gasteiger partial charge is 0.393 e. The molecule has 1 heterocycles. The fourth-order valence-electron chi connectivity index (χ4n) is 2.31. The van der Waals surface area contributed by atoms with Gasteiger partial charge in [0.1, 0.15) is 0 Å². The molecule has 0 aromatic heterocycles. The molecular weight excluding hydrogens is 162 g/mol. The van der Waals surface area contributed by atoms with Crippen LogP contribution < -0.4 is 5.32 Å². The van der Waals surface area contributed by atoms with Crippen molar-refractivity contribution in [3.63, 3.8) is 0 Å². The Morgan fingerprint density at radius 2 is 1.73 bits per heavy atom. The second kappa shape index (κ2) is 3.30. The Labute approximate surface area is 73.8 Å². The summed E-state index contributed by atoms with van der Waals surface area (Å²) >= 11 is 0. The van der Waals surface area contributed by atoms with Crippen LogP contribution in [-0.4, -0.2) is 24.3 Å². The molecule has 1 aliphatic carbocycles. The van der Waals surface area contributed by atoms with E-state index in [0.29, 0.717) is 5.41 Å². The molecule has 11 heavy (non-hydrogen) atoms. The molecule has 2 rings (SSSR count). The summed E-state index contributed by atoms with van der Waals surface area (Å²) in [5.74, 6) is 0. The van der Waals surface area contributed by atoms with Crippen LogP contribution in [0.3, 0.4) is 0 Å². The maximum Gasteiger partial charge on any atom is 0.0550 e. The maximum absolute atomic E-state index is 9.14. The lowest BCUT2D eigenvalue weighted by atomic mass is 9.62. The molecule has 2 nitrogen and oxygen atoms in total. The Balaban J connectivity index is 0.000000605. The SMILES string of the molecule is Cl.OC1CC2(CCNCC2)C1. The second-order valence-electron chi connectivity index (χ2n) is 3.81. The highest BCUT2D eigenvalue weighted by atomic mass is 35.5. The first kappa shape index (κ1) is 9.30. The van der Waals surface area contributed by atoms with Crippen molar-refractivity contribution >= 4 is 12.4 Å². The lowest BCUT2D eigenvalue weighted by molar-refractivity contribution is -0.0497. The van der Waals surface area contributed by atoms with E-state index in [1.165, 1.54) is 12.8 Å². The summed E-state index contributed by atoms with van der Waals surface area (Å²) in [4.78, 5) is 0. The number of hydrogen-bond acceptors (Lipinski definition) is 2. The molecule has 1 saturated heterocycles. The third-order valence-electron chi connectivity index (χ3n) is 3.00. The molecule has 0 aromatic rings. The smallest absolute Gasteiger partial charge is 0.0550 e. The Morgan fingerprint density at radius 1 is 1.18 bits per heavy atom. The number of piperidine rings is 1. The average Bonchev–Trinajstić information content (AvgIpc) is 1.87. The molecule has 2 N–H and O–H groups in total. The fraction of sp³-hybridized carbons (Fsp3) is 1.00. The predicted molar refractivity (Wildman–Crippen MR) is 47.0 cm³/mol. The molecule has 0 amide bonds. The molecular formula is C8H16ClNO. The molecule has 1 aliphatic heterocycles. The summed E-state index contributed by atoms with van der Waals surface area (Å²) in [7, 11) is 0. The number of hydrogen-bond donors (Lipinski definition) is 2. The van der Waals surface area contributed by atoms with E-state index >= 15 is 0 Å². The van der Waals surface area contributed by atoms with E-state index < -0.39 is 0 Å². The summed E-state index contributed by atoms with van der Waals surface area (Å²) in [6.45, 7) is 2.32. The van der Waals surface area contributed by atoms with Crippen molar-refractivity contribution in [2.45, 2.75) is 31.8 Å². The summed E-state index contributed by atoms with van der Waals surface area (Å²) in [5, 5.41) is 12.5. The predicted octanol–water partition coefficient (Wildman–Crippen LogP) is 0.933. The molecule has 66 valence electrons. The van der Waals surface area contributed by atoms with Crippen LogP contribution in [0.5, 0.6) is 0 Å². The summed E-state index contributed by atoms with van der Waals surface area (Å²) in [5.41, 5.74) is 0.560. The molecule has 0 unspecified atom stereocenters. The fourth-order valence-corrected chi connectivity index (χ4v) is 2.31. The van der Waals surface area contributed by atoms with Crippen LogP contribution in [0, 0.1) is 5.41 Å². The van der Waals surface area contributed by atoms with Gasteiger partial charge in [-0.3, -0.25) is 0 Å². The van der Waals surface area contributed by atoms with Gasteiger partial charge in [-0.1, -0.05) is 0 Å². The van der Waals surface area contributed by atoms with Crippen LogP contribution in [0.2, 0.25) is 0 Å². The van der Waals surface area contributed by atoms with Gasteiger partial charge in [-0.05, 0) is 44.2 Å². The molecule has 3 heteroatoms. The summed E-state index contributed by atoms with van der Waals surface area (Å²) < 4.78 is 0. The van der Waals surface area contributed by atoms with Crippen molar-refractivity contribution < 1.29 is 5.11 Å². The highest BCUT2D eigenvalue weighted by Crippen LogP contribution is 2.47. The molecule has 1 saturated carbocycles. The van der Waals surface area contributed by atoms with Gasteiger partial charge < -0.3 is 10.4 Å². The van der Waals surface area contributed by atoms with Crippen LogP contribution in [0.15, 0.2) is 0 Å². The van der Waals surface area contributed by atoms with Crippen LogP contribution in [0.25, 0.3) is 0 Å². The quantitative estimate of drug-likeness (QED) is 0.577. The minimum Gasteiger partial charge on any atom is -0.393 e. The van der Waals surface area contributed by atoms with Gasteiger partial charge in [0.25, 0.3) is 0 Å². The number of aliphatic hydroxyl groups is 1. The lowest BCUT2D eigenvalue weighted by Gasteiger charge is -2.48. The summed E-state index contributed by atoms with van der Waals surface area (Å²) in [6.07, 6.45) is 4.72. The average molecular weight is 178 g/mol. The van der Waals surface area contributed by atoms with Crippen molar-refractivity contribution in [3.8, 4) is 0 Å². The Hall–Kier alpha value is 0.210. The van der Waals surface area contributed by atoms with Gasteiger partial charge in [0.05, 0.1) is 6.10 Å². The summed E-state index contributed by atoms with van der Waals surface area (Å²) in [6, 6.07) is 0. The van der Waals surface area contributed by atoms with Crippen LogP contribution in [-0.2, 0) is 0 Å². The van der Waals surface area contributed by atoms with E-state index in [9.17, 15) is 0 Å². The van der Waals surface area contributed by atoms with Crippen molar-refractivity contribution in [2.75, 3.05) is 13.1 Å². The molecule has 2 aliphatic rings. The van der Waals surface area contributed by atoms with E-state index in [4.69, 9.17) is 5.11 Å². The van der Waals surface area contributed by atoms with Crippen LogP contribution in [0.4, 0.5) is 0 Å². The first-order valence-corrected chi connectivity index (χ1v) is 4.20. The van der Waals surface area contributed by atoms with Crippen LogP contribution >= 0.6 is 12.4 Å². The number of rotatable bonds is 0. The molecule has 1 spiro atoms. The minimum absolute atomic E-state index is 0. The van der Waals surface area contributed by atoms with Gasteiger partial charge in [0.15, 0.2) is 0 Å². The number of aliphatic hydroxyl groups excluding tert-OH is 1. The zero-order chi connectivity index (χ0) is 7.03. The third-order valence-corrected chi connectivity index (χ3v) is 3.00. The highest BCUT2D eigenvalue weighted by molar-refractivity contribution is 5.85. The topological polar surface area (TPSA) is 32.3 Å². The van der Waals surface area contributed by atoms with Gasteiger partial charge in [0.2, 0.25) is 0 Å². The number of nitrogens with one attached hydrogen (secondary N) is 1. The van der Waals surface area contributed by atoms with Crippen molar-refractivity contribution in [1.82, 2.24) is 5.32 Å². The zero-order valence-corrected chi connectivity index (χ0v) is 7.49. The third kappa shape index (κ3) is 1.68. The monoisotopic (exact) mass is 177 g/mol. The first-order chi connectivity index (χ1) is 4.81. The minimum atomic E-state index is 0. The zero-order valence-electron chi connectivity index (χ0n) is 6.68. The van der Waals surface area contributed by atoms with Gasteiger partial charge in [-0.15, -0.1) is 12.4 Å². The van der Waals surface area contributed by atoms with Crippen LogP contribution in [0.1, 0.15) is 25.7 Å². The van der Waals surface area contributed by atoms with Gasteiger partial charge in [0, 0.05) is 0 Å². The van der Waals surface area contributed by atoms with E-state index in [-0.39, 0.29) is 18.5 Å². The second-order valence-corrected chi connectivity index (χ2v) is 3.81. The van der Waals surface area contributed by atoms with Crippen molar-refractivity contribution in [2.24, 2.45) is 5.41 Å². The Morgan fingerprint density at radius 3 is 2.18 bits per heavy atom. The van der Waals surface area contributed by atoms with E-state index in [2.05, 4.69) is 5.32 Å². The van der Waals surface area contributed by atoms with E-state index in [0.717, 1.165) is 25.9 Å². The van der Waals surface area contributed by atoms with Crippen molar-refractivity contribution in [3.05, 3.63) is 0 Å². The van der Waals surface area contributed by atoms with E-state index in [1.807, 2.05) is 0 Å². The molecule has 0 bridgehead atoms. The van der Waals surface area contributed by atoms with Gasteiger partial charge in [-0.25, -0.2) is 0 Å². The first-order valence-electron chi connectivity index (χ1n) is 4.20. The van der Waals surface area contributed by atoms with Gasteiger partial charge in [-0.2, -0.15) is 0 Å². The molecule has 2 fully saturated rings. The Bertz CT molecular complexity index is 119. The molecule has 0 atom stereocenters. The molecule has 0 radical (unpaired) electrons. The normalized spacial score (nSPS) is 29.2. The highest BCUT2D eigenvalue weighted by Gasteiger charge is 2.43. The number of halogens is 1. The van der Waals surface area contributed by atoms with E-state index in [1.54, 1.807) is 0 Å². The lowest BCUT2D eigenvalue weighted by Crippen LogP contribution is -2.47. The maximum atomic E-state index is 9.14. The standard InChI is InChI=1S/C8H15NO.ClH/c10-7-5-8(6-7)1-3-9-4-2-8;/h7,9-10H,1-6H2;1H. The van der Waals surface area contributed by atoms with Crippen molar-refractivity contribution in [1.29, 1.82) is 0 Å². The Kier molecular flexibility index (Phi) is 2.79. The molecule has 0 aromatic carbocycles.